The van der Waals surface area contributed by atoms with Crippen molar-refractivity contribution < 1.29 is 9.53 Å². The Bertz CT molecular complexity index is 274. The molecule has 0 radical (unpaired) electrons. The molecule has 0 fully saturated rings. The van der Waals surface area contributed by atoms with E-state index in [1.807, 2.05) is 0 Å². The van der Waals surface area contributed by atoms with Gasteiger partial charge < -0.3 is 4.74 Å². The monoisotopic (exact) mass is 296 g/mol. The topological polar surface area (TPSA) is 26.3 Å². The lowest BCUT2D eigenvalue weighted by atomic mass is 9.99. The van der Waals surface area contributed by atoms with Crippen LogP contribution in [-0.4, -0.2) is 12.6 Å². The fourth-order valence-corrected chi connectivity index (χ4v) is 1.99. The highest BCUT2D eigenvalue weighted by Crippen LogP contribution is 2.14. The van der Waals surface area contributed by atoms with Crippen molar-refractivity contribution in [1.82, 2.24) is 0 Å². The number of hydrogen-bond acceptors (Lipinski definition) is 2. The van der Waals surface area contributed by atoms with E-state index in [1.54, 1.807) is 0 Å². The van der Waals surface area contributed by atoms with E-state index in [9.17, 15) is 4.79 Å². The van der Waals surface area contributed by atoms with E-state index >= 15 is 0 Å². The second kappa shape index (κ2) is 12.9. The van der Waals surface area contributed by atoms with Crippen molar-refractivity contribution >= 4 is 5.97 Å². The molecule has 0 aliphatic rings. The smallest absolute Gasteiger partial charge is 0.305 e. The molecule has 0 rings (SSSR count). The van der Waals surface area contributed by atoms with Crippen LogP contribution in [0.2, 0.25) is 0 Å². The first-order valence-electron chi connectivity index (χ1n) is 8.76. The summed E-state index contributed by atoms with van der Waals surface area (Å²) in [4.78, 5) is 11.5. The summed E-state index contributed by atoms with van der Waals surface area (Å²) in [5.74, 6) is -0.0382. The maximum Gasteiger partial charge on any atom is 0.305 e. The van der Waals surface area contributed by atoms with Gasteiger partial charge in [-0.15, -0.1) is 0 Å². The maximum absolute atomic E-state index is 11.5. The van der Waals surface area contributed by atoms with Crippen LogP contribution >= 0.6 is 0 Å². The Kier molecular flexibility index (Phi) is 12.4. The van der Waals surface area contributed by atoms with Gasteiger partial charge in [-0.1, -0.05) is 72.0 Å². The summed E-state index contributed by atoms with van der Waals surface area (Å²) in [5.41, 5.74) is 0.0697. The van der Waals surface area contributed by atoms with Crippen LogP contribution < -0.4 is 0 Å². The van der Waals surface area contributed by atoms with Crippen LogP contribution in [0.4, 0.5) is 0 Å². The molecule has 0 saturated carbocycles. The highest BCUT2D eigenvalue weighted by molar-refractivity contribution is 5.69. The third kappa shape index (κ3) is 17.2. The number of hydrogen-bond donors (Lipinski definition) is 0. The van der Waals surface area contributed by atoms with Crippen molar-refractivity contribution in [3.63, 3.8) is 0 Å². The van der Waals surface area contributed by atoms with Gasteiger partial charge in [-0.25, -0.2) is 0 Å². The lowest BCUT2D eigenvalue weighted by Gasteiger charge is -2.17. The molecule has 0 atom stereocenters. The third-order valence-corrected chi connectivity index (χ3v) is 3.31. The van der Waals surface area contributed by atoms with Gasteiger partial charge >= 0.3 is 5.97 Å². The molecular weight excluding hydrogens is 260 g/mol. The van der Waals surface area contributed by atoms with Crippen molar-refractivity contribution in [2.75, 3.05) is 6.61 Å². The molecule has 0 aromatic rings. The molecule has 0 aromatic carbocycles. The SMILES string of the molecule is CCCC/C=C\CCCCCCCC(=O)OCC(C)(C)C. The zero-order valence-electron chi connectivity index (χ0n) is 14.7. The first kappa shape index (κ1) is 20.2. The largest absolute Gasteiger partial charge is 0.465 e. The predicted octanol–water partition coefficient (Wildman–Crippen LogP) is 6.05. The zero-order chi connectivity index (χ0) is 16.0. The molecule has 0 amide bonds. The van der Waals surface area contributed by atoms with Crippen molar-refractivity contribution in [3.8, 4) is 0 Å². The van der Waals surface area contributed by atoms with Gasteiger partial charge in [-0.2, -0.15) is 0 Å². The Morgan fingerprint density at radius 1 is 0.905 bits per heavy atom. The second-order valence-corrected chi connectivity index (χ2v) is 7.14. The van der Waals surface area contributed by atoms with Gasteiger partial charge in [0.1, 0.15) is 0 Å². The minimum absolute atomic E-state index is 0.0382. The van der Waals surface area contributed by atoms with Crippen LogP contribution in [0.25, 0.3) is 0 Å². The van der Waals surface area contributed by atoms with Crippen LogP contribution in [0.5, 0.6) is 0 Å². The Balaban J connectivity index is 3.29. The van der Waals surface area contributed by atoms with Crippen molar-refractivity contribution in [1.29, 1.82) is 0 Å². The first-order chi connectivity index (χ1) is 9.95. The highest BCUT2D eigenvalue weighted by atomic mass is 16.5. The molecule has 0 bridgehead atoms. The molecule has 124 valence electrons. The minimum atomic E-state index is -0.0382. The van der Waals surface area contributed by atoms with Gasteiger partial charge in [0.25, 0.3) is 0 Å². The fourth-order valence-electron chi connectivity index (χ4n) is 1.99. The standard InChI is InChI=1S/C19H36O2/c1-5-6-7-8-9-10-11-12-13-14-15-16-18(20)21-17-19(2,3)4/h8-9H,5-7,10-17H2,1-4H3/b9-8-. The molecular formula is C19H36O2. The molecule has 0 heterocycles. The Morgan fingerprint density at radius 3 is 2.10 bits per heavy atom. The number of allylic oxidation sites excluding steroid dienone is 2. The van der Waals surface area contributed by atoms with Crippen molar-refractivity contribution in [3.05, 3.63) is 12.2 Å². The van der Waals surface area contributed by atoms with Crippen LogP contribution in [0.15, 0.2) is 12.2 Å². The Morgan fingerprint density at radius 2 is 1.48 bits per heavy atom. The van der Waals surface area contributed by atoms with E-state index in [-0.39, 0.29) is 11.4 Å². The van der Waals surface area contributed by atoms with Crippen molar-refractivity contribution in [2.24, 2.45) is 5.41 Å². The number of rotatable bonds is 12. The first-order valence-corrected chi connectivity index (χ1v) is 8.76. The summed E-state index contributed by atoms with van der Waals surface area (Å²) in [6.07, 6.45) is 16.1. The number of carbonyl (C=O) groups excluding carboxylic acids is 1. The van der Waals surface area contributed by atoms with Gasteiger partial charge in [0.2, 0.25) is 0 Å². The summed E-state index contributed by atoms with van der Waals surface area (Å²) in [7, 11) is 0. The molecule has 0 aromatic heterocycles. The van der Waals surface area contributed by atoms with Crippen LogP contribution in [0.3, 0.4) is 0 Å². The van der Waals surface area contributed by atoms with E-state index in [2.05, 4.69) is 39.8 Å². The normalized spacial score (nSPS) is 12.0. The zero-order valence-corrected chi connectivity index (χ0v) is 14.7. The second-order valence-electron chi connectivity index (χ2n) is 7.14. The number of carbonyl (C=O) groups is 1. The van der Waals surface area contributed by atoms with Crippen molar-refractivity contribution in [2.45, 2.75) is 91.9 Å². The molecule has 2 heteroatoms. The van der Waals surface area contributed by atoms with Gasteiger partial charge in [-0.05, 0) is 31.1 Å². The summed E-state index contributed by atoms with van der Waals surface area (Å²) in [6, 6.07) is 0. The average Bonchev–Trinajstić information content (AvgIpc) is 2.42. The van der Waals surface area contributed by atoms with Gasteiger partial charge in [0, 0.05) is 6.42 Å². The fraction of sp³-hybridized carbons (Fsp3) is 0.842. The summed E-state index contributed by atoms with van der Waals surface area (Å²) >= 11 is 0. The quantitative estimate of drug-likeness (QED) is 0.249. The van der Waals surface area contributed by atoms with E-state index in [4.69, 9.17) is 4.74 Å². The molecule has 2 nitrogen and oxygen atoms in total. The van der Waals surface area contributed by atoms with Crippen LogP contribution in [-0.2, 0) is 9.53 Å². The molecule has 21 heavy (non-hydrogen) atoms. The minimum Gasteiger partial charge on any atom is -0.465 e. The molecule has 0 N–H and O–H groups in total. The molecule has 0 spiro atoms. The van der Waals surface area contributed by atoms with E-state index < -0.39 is 0 Å². The predicted molar refractivity (Wildman–Crippen MR) is 91.4 cm³/mol. The molecule has 0 unspecified atom stereocenters. The van der Waals surface area contributed by atoms with Crippen LogP contribution in [0, 0.1) is 5.41 Å². The Hall–Kier alpha value is -0.790. The van der Waals surface area contributed by atoms with Crippen LogP contribution in [0.1, 0.15) is 91.9 Å². The van der Waals surface area contributed by atoms with E-state index in [1.165, 1.54) is 44.9 Å². The highest BCUT2D eigenvalue weighted by Gasteiger charge is 2.13. The maximum atomic E-state index is 11.5. The lowest BCUT2D eigenvalue weighted by molar-refractivity contribution is -0.146. The van der Waals surface area contributed by atoms with Gasteiger partial charge in [0.05, 0.1) is 6.61 Å². The van der Waals surface area contributed by atoms with E-state index in [0.29, 0.717) is 13.0 Å². The summed E-state index contributed by atoms with van der Waals surface area (Å²) < 4.78 is 5.25. The molecule has 0 saturated heterocycles. The number of ether oxygens (including phenoxy) is 1. The summed E-state index contributed by atoms with van der Waals surface area (Å²) in [6.45, 7) is 8.99. The van der Waals surface area contributed by atoms with Gasteiger partial charge in [-0.3, -0.25) is 4.79 Å². The average molecular weight is 296 g/mol. The number of unbranched alkanes of at least 4 members (excludes halogenated alkanes) is 7. The lowest BCUT2D eigenvalue weighted by Crippen LogP contribution is -2.18. The van der Waals surface area contributed by atoms with Gasteiger partial charge in [0.15, 0.2) is 0 Å². The summed E-state index contributed by atoms with van der Waals surface area (Å²) in [5, 5.41) is 0. The third-order valence-electron chi connectivity index (χ3n) is 3.31. The number of esters is 1. The molecule has 0 aliphatic carbocycles. The molecule has 0 aliphatic heterocycles. The Labute approximate surface area is 132 Å². The van der Waals surface area contributed by atoms with E-state index in [0.717, 1.165) is 12.8 Å².